The predicted octanol–water partition coefficient (Wildman–Crippen LogP) is 1.87. The molecule has 0 saturated heterocycles. The first-order chi connectivity index (χ1) is 8.06. The first-order valence-corrected chi connectivity index (χ1v) is 5.91. The SMILES string of the molecule is CC(C)(O)C(C)(C)O[B]c1ccc(N)c(F)c1Cl. The van der Waals surface area contributed by atoms with E-state index in [4.69, 9.17) is 22.0 Å². The minimum Gasteiger partial charge on any atom is -0.427 e. The van der Waals surface area contributed by atoms with Gasteiger partial charge in [0.05, 0.1) is 21.9 Å². The Morgan fingerprint density at radius 1 is 1.33 bits per heavy atom. The van der Waals surface area contributed by atoms with Crippen molar-refractivity contribution in [2.75, 3.05) is 5.73 Å². The third-order valence-corrected chi connectivity index (χ3v) is 3.48. The van der Waals surface area contributed by atoms with Gasteiger partial charge in [-0.15, -0.1) is 0 Å². The maximum absolute atomic E-state index is 13.5. The monoisotopic (exact) mass is 272 g/mol. The molecule has 1 rings (SSSR count). The molecule has 0 aliphatic carbocycles. The number of rotatable bonds is 4. The molecule has 3 nitrogen and oxygen atoms in total. The maximum Gasteiger partial charge on any atom is 0.332 e. The summed E-state index contributed by atoms with van der Waals surface area (Å²) in [4.78, 5) is 0. The second-order valence-corrected chi connectivity index (χ2v) is 5.55. The molecule has 0 atom stereocenters. The van der Waals surface area contributed by atoms with Crippen LogP contribution in [0, 0.1) is 5.82 Å². The lowest BCUT2D eigenvalue weighted by atomic mass is 9.82. The standard InChI is InChI=1S/C12H17BClFNO2/c1-11(2,17)12(3,4)18-13-7-5-6-8(16)10(15)9(7)14/h5-6,17H,16H2,1-4H3. The number of nitrogens with two attached hydrogens (primary N) is 1. The van der Waals surface area contributed by atoms with E-state index < -0.39 is 17.0 Å². The highest BCUT2D eigenvalue weighted by atomic mass is 35.5. The van der Waals surface area contributed by atoms with Gasteiger partial charge in [-0.25, -0.2) is 4.39 Å². The van der Waals surface area contributed by atoms with Crippen molar-refractivity contribution in [2.45, 2.75) is 38.9 Å². The van der Waals surface area contributed by atoms with Gasteiger partial charge in [-0.1, -0.05) is 17.7 Å². The van der Waals surface area contributed by atoms with Crippen molar-refractivity contribution in [1.29, 1.82) is 0 Å². The van der Waals surface area contributed by atoms with Crippen LogP contribution in [0.4, 0.5) is 10.1 Å². The van der Waals surface area contributed by atoms with Gasteiger partial charge in [0.2, 0.25) is 0 Å². The van der Waals surface area contributed by atoms with Gasteiger partial charge in [0.1, 0.15) is 0 Å². The van der Waals surface area contributed by atoms with E-state index >= 15 is 0 Å². The largest absolute Gasteiger partial charge is 0.427 e. The Morgan fingerprint density at radius 3 is 2.39 bits per heavy atom. The van der Waals surface area contributed by atoms with Crippen molar-refractivity contribution in [3.05, 3.63) is 23.0 Å². The van der Waals surface area contributed by atoms with Gasteiger partial charge in [0.25, 0.3) is 0 Å². The molecular formula is C12H17BClFNO2. The summed E-state index contributed by atoms with van der Waals surface area (Å²) in [6.07, 6.45) is 0. The van der Waals surface area contributed by atoms with Crippen LogP contribution in [0.2, 0.25) is 5.02 Å². The zero-order valence-corrected chi connectivity index (χ0v) is 11.7. The molecule has 0 aromatic heterocycles. The Hall–Kier alpha value is -0.775. The van der Waals surface area contributed by atoms with Crippen LogP contribution >= 0.6 is 11.6 Å². The fraction of sp³-hybridized carbons (Fsp3) is 0.500. The van der Waals surface area contributed by atoms with E-state index in [1.807, 2.05) is 0 Å². The van der Waals surface area contributed by atoms with Crippen LogP contribution in [0.15, 0.2) is 12.1 Å². The fourth-order valence-electron chi connectivity index (χ4n) is 1.03. The Balaban J connectivity index is 2.85. The van der Waals surface area contributed by atoms with Crippen LogP contribution in [-0.4, -0.2) is 23.8 Å². The van der Waals surface area contributed by atoms with E-state index in [1.165, 1.54) is 13.5 Å². The predicted molar refractivity (Wildman–Crippen MR) is 72.7 cm³/mol. The molecule has 0 fully saturated rings. The number of aliphatic hydroxyl groups is 1. The molecule has 0 aliphatic rings. The topological polar surface area (TPSA) is 55.5 Å². The summed E-state index contributed by atoms with van der Waals surface area (Å²) in [6.45, 7) is 6.72. The Labute approximate surface area is 112 Å². The molecule has 6 heteroatoms. The molecule has 0 spiro atoms. The van der Waals surface area contributed by atoms with Crippen molar-refractivity contribution in [1.82, 2.24) is 0 Å². The van der Waals surface area contributed by atoms with E-state index in [0.717, 1.165) is 0 Å². The second kappa shape index (κ2) is 5.07. The van der Waals surface area contributed by atoms with Crippen LogP contribution < -0.4 is 11.2 Å². The lowest BCUT2D eigenvalue weighted by Gasteiger charge is -2.37. The number of benzene rings is 1. The summed E-state index contributed by atoms with van der Waals surface area (Å²) in [5.74, 6) is -0.671. The average Bonchev–Trinajstić information content (AvgIpc) is 2.23. The lowest BCUT2D eigenvalue weighted by molar-refractivity contribution is -0.0893. The van der Waals surface area contributed by atoms with Gasteiger partial charge in [0.15, 0.2) is 5.82 Å². The van der Waals surface area contributed by atoms with Crippen LogP contribution in [0.5, 0.6) is 0 Å². The van der Waals surface area contributed by atoms with E-state index in [1.54, 1.807) is 33.8 Å². The molecule has 99 valence electrons. The zero-order valence-electron chi connectivity index (χ0n) is 10.9. The van der Waals surface area contributed by atoms with E-state index in [-0.39, 0.29) is 10.7 Å². The first-order valence-electron chi connectivity index (χ1n) is 5.53. The molecule has 0 unspecified atom stereocenters. The summed E-state index contributed by atoms with van der Waals surface area (Å²) in [6, 6.07) is 2.97. The minimum atomic E-state index is -1.05. The summed E-state index contributed by atoms with van der Waals surface area (Å²) in [5, 5.41) is 9.82. The molecule has 0 heterocycles. The molecule has 18 heavy (non-hydrogen) atoms. The van der Waals surface area contributed by atoms with Crippen molar-refractivity contribution >= 4 is 30.2 Å². The summed E-state index contributed by atoms with van der Waals surface area (Å²) in [7, 11) is 1.32. The van der Waals surface area contributed by atoms with E-state index in [9.17, 15) is 9.50 Å². The van der Waals surface area contributed by atoms with Crippen LogP contribution in [-0.2, 0) is 4.65 Å². The van der Waals surface area contributed by atoms with E-state index in [0.29, 0.717) is 5.46 Å². The first kappa shape index (κ1) is 15.3. The van der Waals surface area contributed by atoms with E-state index in [2.05, 4.69) is 0 Å². The Kier molecular flexibility index (Phi) is 4.31. The smallest absolute Gasteiger partial charge is 0.332 e. The summed E-state index contributed by atoms with van der Waals surface area (Å²) < 4.78 is 19.0. The minimum absolute atomic E-state index is 0.0149. The quantitative estimate of drug-likeness (QED) is 0.650. The average molecular weight is 273 g/mol. The third kappa shape index (κ3) is 3.16. The highest BCUT2D eigenvalue weighted by Crippen LogP contribution is 2.25. The molecule has 1 radical (unpaired) electrons. The number of hydrogen-bond acceptors (Lipinski definition) is 3. The summed E-state index contributed by atoms with van der Waals surface area (Å²) in [5.41, 5.74) is 3.85. The number of halogens is 2. The molecule has 1 aromatic rings. The van der Waals surface area contributed by atoms with Gasteiger partial charge in [-0.3, -0.25) is 0 Å². The molecule has 1 aromatic carbocycles. The molecule has 0 bridgehead atoms. The number of hydrogen-bond donors (Lipinski definition) is 2. The zero-order chi connectivity index (χ0) is 14.1. The van der Waals surface area contributed by atoms with Gasteiger partial charge in [-0.2, -0.15) is 0 Å². The van der Waals surface area contributed by atoms with Crippen LogP contribution in [0.1, 0.15) is 27.7 Å². The Morgan fingerprint density at radius 2 is 1.89 bits per heavy atom. The maximum atomic E-state index is 13.5. The normalized spacial score (nSPS) is 12.6. The van der Waals surface area contributed by atoms with Crippen molar-refractivity contribution < 1.29 is 14.2 Å². The molecule has 0 saturated carbocycles. The van der Waals surface area contributed by atoms with Gasteiger partial charge in [0, 0.05) is 0 Å². The molecule has 3 N–H and O–H groups in total. The van der Waals surface area contributed by atoms with Crippen molar-refractivity contribution in [3.8, 4) is 0 Å². The Bertz CT molecular complexity index is 446. The highest BCUT2D eigenvalue weighted by molar-refractivity contribution is 6.53. The number of nitrogen functional groups attached to an aromatic ring is 1. The van der Waals surface area contributed by atoms with Gasteiger partial charge >= 0.3 is 7.48 Å². The van der Waals surface area contributed by atoms with Crippen LogP contribution in [0.25, 0.3) is 0 Å². The van der Waals surface area contributed by atoms with Gasteiger partial charge < -0.3 is 15.5 Å². The second-order valence-electron chi connectivity index (χ2n) is 5.18. The van der Waals surface area contributed by atoms with Crippen molar-refractivity contribution in [3.63, 3.8) is 0 Å². The van der Waals surface area contributed by atoms with Crippen LogP contribution in [0.3, 0.4) is 0 Å². The molecular weight excluding hydrogens is 255 g/mol. The van der Waals surface area contributed by atoms with Gasteiger partial charge in [-0.05, 0) is 39.2 Å². The molecule has 0 aliphatic heterocycles. The van der Waals surface area contributed by atoms with Crippen molar-refractivity contribution in [2.24, 2.45) is 0 Å². The summed E-state index contributed by atoms with van der Waals surface area (Å²) >= 11 is 5.81. The highest BCUT2D eigenvalue weighted by Gasteiger charge is 2.36. The fourth-order valence-corrected chi connectivity index (χ4v) is 1.24. The number of anilines is 1. The molecule has 0 amide bonds. The third-order valence-electron chi connectivity index (χ3n) is 3.10. The lowest BCUT2D eigenvalue weighted by Crippen LogP contribution is -2.49.